The summed E-state index contributed by atoms with van der Waals surface area (Å²) in [4.78, 5) is 0. The first-order valence-corrected chi connectivity index (χ1v) is 7.94. The van der Waals surface area contributed by atoms with Crippen LogP contribution in [0.5, 0.6) is 0 Å². The predicted molar refractivity (Wildman–Crippen MR) is 68.5 cm³/mol. The molecule has 0 aromatic heterocycles. The Bertz CT molecular complexity index is 112. The summed E-state index contributed by atoms with van der Waals surface area (Å²) in [5, 5.41) is 8.80. The molecule has 0 aliphatic heterocycles. The van der Waals surface area contributed by atoms with Gasteiger partial charge in [0.15, 0.2) is 0 Å². The third-order valence-electron chi connectivity index (χ3n) is 1.90. The molecule has 0 saturated heterocycles. The molecule has 0 fully saturated rings. The molecule has 14 heavy (non-hydrogen) atoms. The van der Waals surface area contributed by atoms with E-state index < -0.39 is 6.23 Å². The molecule has 0 heterocycles. The first kappa shape index (κ1) is 14.6. The van der Waals surface area contributed by atoms with E-state index in [-0.39, 0.29) is 0 Å². The summed E-state index contributed by atoms with van der Waals surface area (Å²) in [5.41, 5.74) is 5.21. The van der Waals surface area contributed by atoms with Crippen molar-refractivity contribution in [3.8, 4) is 0 Å². The van der Waals surface area contributed by atoms with Gasteiger partial charge in [0.25, 0.3) is 0 Å². The Balaban J connectivity index is 2.85. The fraction of sp³-hybridized carbons (Fsp3) is 1.00. The molecule has 2 nitrogen and oxygen atoms in total. The Morgan fingerprint density at radius 1 is 1.07 bits per heavy atom. The van der Waals surface area contributed by atoms with Gasteiger partial charge in [0.05, 0.1) is 0 Å². The third kappa shape index (κ3) is 12.6. The fourth-order valence-electron chi connectivity index (χ4n) is 1.12. The van der Waals surface area contributed by atoms with Gasteiger partial charge in [0.1, 0.15) is 6.23 Å². The lowest BCUT2D eigenvalue weighted by molar-refractivity contribution is 0.208. The van der Waals surface area contributed by atoms with E-state index in [4.69, 9.17) is 10.8 Å². The van der Waals surface area contributed by atoms with E-state index in [1.54, 1.807) is 10.8 Å². The van der Waals surface area contributed by atoms with Gasteiger partial charge in [0, 0.05) is 11.5 Å². The first-order chi connectivity index (χ1) is 6.77. The summed E-state index contributed by atoms with van der Waals surface area (Å²) >= 11 is 0. The Morgan fingerprint density at radius 2 is 1.71 bits per heavy atom. The lowest BCUT2D eigenvalue weighted by Gasteiger charge is -2.03. The highest BCUT2D eigenvalue weighted by Gasteiger charge is 1.96. The molecule has 4 heteroatoms. The number of aliphatic hydroxyl groups excluding tert-OH is 1. The van der Waals surface area contributed by atoms with Crippen LogP contribution in [-0.4, -0.2) is 22.8 Å². The smallest absolute Gasteiger partial charge is 0.112 e. The fourth-order valence-corrected chi connectivity index (χ4v) is 3.21. The van der Waals surface area contributed by atoms with E-state index in [9.17, 15) is 0 Å². The molecule has 0 amide bonds. The molecular weight excluding hydrogens is 214 g/mol. The number of nitrogens with two attached hydrogens (primary N) is 1. The minimum Gasteiger partial charge on any atom is -0.378 e. The van der Waals surface area contributed by atoms with Crippen LogP contribution in [0.3, 0.4) is 0 Å². The summed E-state index contributed by atoms with van der Waals surface area (Å²) in [6.07, 6.45) is 7.44. The highest BCUT2D eigenvalue weighted by Crippen LogP contribution is 2.23. The number of aliphatic hydroxyl groups is 1. The topological polar surface area (TPSA) is 46.2 Å². The molecule has 1 unspecified atom stereocenters. The van der Waals surface area contributed by atoms with Crippen LogP contribution < -0.4 is 5.73 Å². The summed E-state index contributed by atoms with van der Waals surface area (Å²) < 4.78 is 0. The van der Waals surface area contributed by atoms with Gasteiger partial charge in [-0.15, -0.1) is 0 Å². The number of unbranched alkanes of at least 4 members (excludes halogenated alkanes) is 5. The molecule has 0 spiro atoms. The molecule has 0 radical (unpaired) electrons. The standard InChI is InChI=1S/C10H23NOS2/c1-2-3-4-5-6-7-8-13-14-9-10(11)12/h10,12H,2-9,11H2,1H3. The molecule has 0 aromatic rings. The maximum absolute atomic E-state index is 8.80. The van der Waals surface area contributed by atoms with Crippen molar-refractivity contribution in [2.45, 2.75) is 51.7 Å². The average molecular weight is 237 g/mol. The Morgan fingerprint density at radius 3 is 2.36 bits per heavy atom. The zero-order valence-corrected chi connectivity index (χ0v) is 10.7. The second kappa shape index (κ2) is 11.7. The van der Waals surface area contributed by atoms with Gasteiger partial charge in [-0.3, -0.25) is 0 Å². The van der Waals surface area contributed by atoms with Gasteiger partial charge in [-0.05, 0) is 6.42 Å². The maximum Gasteiger partial charge on any atom is 0.112 e. The van der Waals surface area contributed by atoms with Gasteiger partial charge in [0.2, 0.25) is 0 Å². The molecule has 0 rings (SSSR count). The van der Waals surface area contributed by atoms with Crippen molar-refractivity contribution in [2.75, 3.05) is 11.5 Å². The van der Waals surface area contributed by atoms with Crippen LogP contribution in [-0.2, 0) is 0 Å². The monoisotopic (exact) mass is 237 g/mol. The summed E-state index contributed by atoms with van der Waals surface area (Å²) in [6.45, 7) is 2.24. The summed E-state index contributed by atoms with van der Waals surface area (Å²) in [6, 6.07) is 0. The van der Waals surface area contributed by atoms with Crippen LogP contribution in [0.1, 0.15) is 45.4 Å². The van der Waals surface area contributed by atoms with Gasteiger partial charge < -0.3 is 10.8 Å². The van der Waals surface area contributed by atoms with E-state index in [2.05, 4.69) is 6.92 Å². The number of hydrogen-bond acceptors (Lipinski definition) is 4. The second-order valence-corrected chi connectivity index (χ2v) is 6.07. The summed E-state index contributed by atoms with van der Waals surface area (Å²) in [7, 11) is 3.49. The van der Waals surface area contributed by atoms with E-state index >= 15 is 0 Å². The van der Waals surface area contributed by atoms with Crippen LogP contribution in [0.25, 0.3) is 0 Å². The lowest BCUT2D eigenvalue weighted by atomic mass is 10.1. The van der Waals surface area contributed by atoms with E-state index in [1.165, 1.54) is 44.3 Å². The molecule has 86 valence electrons. The van der Waals surface area contributed by atoms with Crippen LogP contribution in [0.4, 0.5) is 0 Å². The van der Waals surface area contributed by atoms with Crippen LogP contribution in [0.15, 0.2) is 0 Å². The number of rotatable bonds is 10. The lowest BCUT2D eigenvalue weighted by Crippen LogP contribution is -2.20. The molecular formula is C10H23NOS2. The molecule has 0 aromatic carbocycles. The van der Waals surface area contributed by atoms with Crippen LogP contribution in [0.2, 0.25) is 0 Å². The highest BCUT2D eigenvalue weighted by molar-refractivity contribution is 8.76. The van der Waals surface area contributed by atoms with Crippen molar-refractivity contribution in [3.63, 3.8) is 0 Å². The minimum atomic E-state index is -0.656. The van der Waals surface area contributed by atoms with Crippen LogP contribution in [0, 0.1) is 0 Å². The predicted octanol–water partition coefficient (Wildman–Crippen LogP) is 3.01. The largest absolute Gasteiger partial charge is 0.378 e. The van der Waals surface area contributed by atoms with Crippen molar-refractivity contribution in [1.29, 1.82) is 0 Å². The molecule has 0 bridgehead atoms. The molecule has 0 saturated carbocycles. The highest BCUT2D eigenvalue weighted by atomic mass is 33.1. The van der Waals surface area contributed by atoms with Crippen molar-refractivity contribution in [2.24, 2.45) is 5.73 Å². The van der Waals surface area contributed by atoms with Gasteiger partial charge in [-0.2, -0.15) is 0 Å². The van der Waals surface area contributed by atoms with Crippen molar-refractivity contribution >= 4 is 21.6 Å². The van der Waals surface area contributed by atoms with Crippen molar-refractivity contribution in [3.05, 3.63) is 0 Å². The molecule has 0 aliphatic carbocycles. The molecule has 3 N–H and O–H groups in total. The molecule has 1 atom stereocenters. The van der Waals surface area contributed by atoms with Crippen LogP contribution >= 0.6 is 21.6 Å². The number of hydrogen-bond donors (Lipinski definition) is 2. The average Bonchev–Trinajstić information content (AvgIpc) is 2.15. The maximum atomic E-state index is 8.80. The molecule has 0 aliphatic rings. The Labute approximate surface area is 95.8 Å². The SMILES string of the molecule is CCCCCCCCSSCC(N)O. The van der Waals surface area contributed by atoms with Gasteiger partial charge in [-0.1, -0.05) is 60.6 Å². The van der Waals surface area contributed by atoms with Gasteiger partial charge >= 0.3 is 0 Å². The first-order valence-electron chi connectivity index (χ1n) is 5.45. The quantitative estimate of drug-likeness (QED) is 0.348. The minimum absolute atomic E-state index is 0.639. The van der Waals surface area contributed by atoms with E-state index in [1.807, 2.05) is 10.8 Å². The zero-order chi connectivity index (χ0) is 10.6. The second-order valence-electron chi connectivity index (χ2n) is 3.44. The van der Waals surface area contributed by atoms with E-state index in [0.29, 0.717) is 5.75 Å². The normalized spacial score (nSPS) is 13.1. The summed E-state index contributed by atoms with van der Waals surface area (Å²) in [5.74, 6) is 1.82. The zero-order valence-electron chi connectivity index (χ0n) is 9.08. The van der Waals surface area contributed by atoms with Gasteiger partial charge in [-0.25, -0.2) is 0 Å². The van der Waals surface area contributed by atoms with Crippen molar-refractivity contribution in [1.82, 2.24) is 0 Å². The Kier molecular flexibility index (Phi) is 12.2. The Hall–Kier alpha value is 0.620. The van der Waals surface area contributed by atoms with E-state index in [0.717, 1.165) is 0 Å². The third-order valence-corrected chi connectivity index (χ3v) is 4.41. The van der Waals surface area contributed by atoms with Crippen molar-refractivity contribution < 1.29 is 5.11 Å².